The van der Waals surface area contributed by atoms with Crippen molar-refractivity contribution < 1.29 is 9.59 Å². The maximum atomic E-state index is 12.9. The topological polar surface area (TPSA) is 58.2 Å². The molecule has 0 aliphatic rings. The number of para-hydroxylation sites is 1. The van der Waals surface area contributed by atoms with Gasteiger partial charge in [-0.25, -0.2) is 0 Å². The molecule has 3 rings (SSSR count). The number of thioether (sulfide) groups is 1. The summed E-state index contributed by atoms with van der Waals surface area (Å²) >= 11 is 7.42. The van der Waals surface area contributed by atoms with Gasteiger partial charge in [-0.05, 0) is 55.3 Å². The van der Waals surface area contributed by atoms with Crippen LogP contribution in [0.15, 0.2) is 83.8 Å². The second-order valence-corrected chi connectivity index (χ2v) is 8.82. The number of amides is 2. The summed E-state index contributed by atoms with van der Waals surface area (Å²) in [6.07, 6.45) is 0.651. The van der Waals surface area contributed by atoms with Crippen LogP contribution in [0.4, 0.5) is 5.69 Å². The maximum absolute atomic E-state index is 12.9. The summed E-state index contributed by atoms with van der Waals surface area (Å²) in [6.45, 7) is 3.90. The molecule has 2 amide bonds. The van der Waals surface area contributed by atoms with Crippen LogP contribution in [-0.4, -0.2) is 17.1 Å². The van der Waals surface area contributed by atoms with Crippen LogP contribution in [0.3, 0.4) is 0 Å². The lowest BCUT2D eigenvalue weighted by Gasteiger charge is -2.18. The van der Waals surface area contributed by atoms with E-state index in [0.717, 1.165) is 10.5 Å². The highest BCUT2D eigenvalue weighted by Gasteiger charge is 2.21. The number of anilines is 1. The lowest BCUT2D eigenvalue weighted by molar-refractivity contribution is -0.115. The number of benzene rings is 3. The molecule has 3 aromatic rings. The molecule has 0 fully saturated rings. The third-order valence-corrected chi connectivity index (χ3v) is 6.46. The Hall–Kier alpha value is -2.76. The highest BCUT2D eigenvalue weighted by molar-refractivity contribution is 8.00. The lowest BCUT2D eigenvalue weighted by Crippen LogP contribution is -2.29. The molecule has 0 aliphatic carbocycles. The summed E-state index contributed by atoms with van der Waals surface area (Å²) in [5.74, 6) is -0.371. The van der Waals surface area contributed by atoms with Crippen molar-refractivity contribution in [2.45, 2.75) is 36.5 Å². The molecule has 0 aromatic heterocycles. The molecular formula is C25H25ClN2O2S. The van der Waals surface area contributed by atoms with Crippen LogP contribution in [0.25, 0.3) is 0 Å². The van der Waals surface area contributed by atoms with Crippen LogP contribution in [0.1, 0.15) is 42.2 Å². The van der Waals surface area contributed by atoms with Crippen molar-refractivity contribution in [2.75, 3.05) is 5.32 Å². The first kappa shape index (κ1) is 22.9. The predicted octanol–water partition coefficient (Wildman–Crippen LogP) is 6.34. The first-order valence-electron chi connectivity index (χ1n) is 10.2. The Bertz CT molecular complexity index is 1030. The van der Waals surface area contributed by atoms with E-state index in [4.69, 9.17) is 11.6 Å². The van der Waals surface area contributed by atoms with Gasteiger partial charge in [0, 0.05) is 9.92 Å². The van der Waals surface area contributed by atoms with E-state index in [1.54, 1.807) is 24.3 Å². The minimum absolute atomic E-state index is 0.140. The van der Waals surface area contributed by atoms with Gasteiger partial charge >= 0.3 is 0 Å². The molecular weight excluding hydrogens is 428 g/mol. The minimum Gasteiger partial charge on any atom is -0.345 e. The normalized spacial score (nSPS) is 12.6. The summed E-state index contributed by atoms with van der Waals surface area (Å²) in [5.41, 5.74) is 1.95. The standard InChI is InChI=1S/C25H25ClN2O2S/c1-3-23(31-20-15-13-19(26)14-16-20)25(30)28-22-12-8-7-11-21(22)24(29)27-17(2)18-9-5-4-6-10-18/h4-17,23H,3H2,1-2H3,(H,27,29)(H,28,30)/t17-,23+/m1/s1. The van der Waals surface area contributed by atoms with E-state index in [0.29, 0.717) is 22.7 Å². The zero-order chi connectivity index (χ0) is 22.2. The van der Waals surface area contributed by atoms with Gasteiger partial charge in [0.25, 0.3) is 5.91 Å². The molecule has 0 unspecified atom stereocenters. The van der Waals surface area contributed by atoms with Crippen LogP contribution >= 0.6 is 23.4 Å². The van der Waals surface area contributed by atoms with E-state index in [2.05, 4.69) is 10.6 Å². The van der Waals surface area contributed by atoms with Crippen molar-refractivity contribution in [3.8, 4) is 0 Å². The van der Waals surface area contributed by atoms with E-state index in [1.807, 2.05) is 68.4 Å². The zero-order valence-corrected chi connectivity index (χ0v) is 19.0. The van der Waals surface area contributed by atoms with Crippen LogP contribution in [0.2, 0.25) is 5.02 Å². The van der Waals surface area contributed by atoms with E-state index in [1.165, 1.54) is 11.8 Å². The molecule has 0 heterocycles. The molecule has 0 saturated heterocycles. The Labute approximate surface area is 192 Å². The van der Waals surface area contributed by atoms with Crippen molar-refractivity contribution in [3.05, 3.63) is 95.0 Å². The maximum Gasteiger partial charge on any atom is 0.253 e. The second kappa shape index (κ2) is 11.0. The van der Waals surface area contributed by atoms with Gasteiger partial charge in [0.2, 0.25) is 5.91 Å². The van der Waals surface area contributed by atoms with Crippen molar-refractivity contribution in [2.24, 2.45) is 0 Å². The Morgan fingerprint density at radius 3 is 2.26 bits per heavy atom. The molecule has 6 heteroatoms. The Kier molecular flexibility index (Phi) is 8.15. The zero-order valence-electron chi connectivity index (χ0n) is 17.5. The van der Waals surface area contributed by atoms with Crippen LogP contribution in [0, 0.1) is 0 Å². The number of halogens is 1. The molecule has 0 spiro atoms. The molecule has 0 radical (unpaired) electrons. The quantitative estimate of drug-likeness (QED) is 0.392. The Balaban J connectivity index is 1.70. The molecule has 0 bridgehead atoms. The first-order chi connectivity index (χ1) is 15.0. The Morgan fingerprint density at radius 2 is 1.58 bits per heavy atom. The van der Waals surface area contributed by atoms with Gasteiger partial charge < -0.3 is 10.6 Å². The number of hydrogen-bond acceptors (Lipinski definition) is 3. The van der Waals surface area contributed by atoms with Gasteiger partial charge in [-0.15, -0.1) is 11.8 Å². The smallest absolute Gasteiger partial charge is 0.253 e. The molecule has 0 aliphatic heterocycles. The molecule has 2 N–H and O–H groups in total. The van der Waals surface area contributed by atoms with Gasteiger partial charge in [-0.2, -0.15) is 0 Å². The number of hydrogen-bond donors (Lipinski definition) is 2. The van der Waals surface area contributed by atoms with E-state index in [-0.39, 0.29) is 23.1 Å². The largest absolute Gasteiger partial charge is 0.345 e. The number of rotatable bonds is 8. The fourth-order valence-corrected chi connectivity index (χ4v) is 4.18. The molecule has 3 aromatic carbocycles. The molecule has 31 heavy (non-hydrogen) atoms. The van der Waals surface area contributed by atoms with Gasteiger partial charge in [-0.1, -0.05) is 61.0 Å². The third kappa shape index (κ3) is 6.36. The number of carbonyl (C=O) groups is 2. The van der Waals surface area contributed by atoms with E-state index >= 15 is 0 Å². The van der Waals surface area contributed by atoms with Crippen LogP contribution in [-0.2, 0) is 4.79 Å². The monoisotopic (exact) mass is 452 g/mol. The fraction of sp³-hybridized carbons (Fsp3) is 0.200. The summed E-state index contributed by atoms with van der Waals surface area (Å²) in [5, 5.41) is 6.31. The number of carbonyl (C=O) groups excluding carboxylic acids is 2. The van der Waals surface area contributed by atoms with E-state index < -0.39 is 0 Å². The predicted molar refractivity (Wildman–Crippen MR) is 129 cm³/mol. The molecule has 4 nitrogen and oxygen atoms in total. The van der Waals surface area contributed by atoms with Crippen molar-refractivity contribution in [3.63, 3.8) is 0 Å². The lowest BCUT2D eigenvalue weighted by atomic mass is 10.1. The minimum atomic E-state index is -0.291. The van der Waals surface area contributed by atoms with Gasteiger partial charge in [0.15, 0.2) is 0 Å². The van der Waals surface area contributed by atoms with Crippen molar-refractivity contribution in [1.29, 1.82) is 0 Å². The molecule has 2 atom stereocenters. The van der Waals surface area contributed by atoms with Crippen LogP contribution < -0.4 is 10.6 Å². The summed E-state index contributed by atoms with van der Waals surface area (Å²) < 4.78 is 0. The highest BCUT2D eigenvalue weighted by atomic mass is 35.5. The van der Waals surface area contributed by atoms with Gasteiger partial charge in [0.05, 0.1) is 22.5 Å². The Morgan fingerprint density at radius 1 is 0.935 bits per heavy atom. The molecule has 160 valence electrons. The SMILES string of the molecule is CC[C@H](Sc1ccc(Cl)cc1)C(=O)Nc1ccccc1C(=O)N[C@H](C)c1ccccc1. The average Bonchev–Trinajstić information content (AvgIpc) is 2.79. The summed E-state index contributed by atoms with van der Waals surface area (Å²) in [4.78, 5) is 26.8. The summed E-state index contributed by atoms with van der Waals surface area (Å²) in [6, 6.07) is 24.1. The van der Waals surface area contributed by atoms with Crippen molar-refractivity contribution >= 4 is 40.9 Å². The second-order valence-electron chi connectivity index (χ2n) is 7.11. The molecule has 0 saturated carbocycles. The summed E-state index contributed by atoms with van der Waals surface area (Å²) in [7, 11) is 0. The van der Waals surface area contributed by atoms with Crippen LogP contribution in [0.5, 0.6) is 0 Å². The first-order valence-corrected chi connectivity index (χ1v) is 11.4. The fourth-order valence-electron chi connectivity index (χ4n) is 3.10. The number of nitrogens with one attached hydrogen (secondary N) is 2. The van der Waals surface area contributed by atoms with Gasteiger partial charge in [-0.3, -0.25) is 9.59 Å². The van der Waals surface area contributed by atoms with Crippen molar-refractivity contribution in [1.82, 2.24) is 5.32 Å². The van der Waals surface area contributed by atoms with Gasteiger partial charge in [0.1, 0.15) is 0 Å². The van der Waals surface area contributed by atoms with E-state index in [9.17, 15) is 9.59 Å². The average molecular weight is 453 g/mol. The highest BCUT2D eigenvalue weighted by Crippen LogP contribution is 2.28. The third-order valence-electron chi connectivity index (χ3n) is 4.83.